The van der Waals surface area contributed by atoms with E-state index in [1.54, 1.807) is 18.2 Å². The normalized spacial score (nSPS) is 16.8. The highest BCUT2D eigenvalue weighted by Gasteiger charge is 2.28. The lowest BCUT2D eigenvalue weighted by atomic mass is 10.1. The molecule has 1 aromatic carbocycles. The van der Waals surface area contributed by atoms with E-state index in [-0.39, 0.29) is 11.0 Å². The fourth-order valence-electron chi connectivity index (χ4n) is 3.96. The van der Waals surface area contributed by atoms with Gasteiger partial charge in [-0.3, -0.25) is 0 Å². The van der Waals surface area contributed by atoms with Gasteiger partial charge in [0.05, 0.1) is 7.11 Å². The maximum Gasteiger partial charge on any atom is 0.407 e. The van der Waals surface area contributed by atoms with Gasteiger partial charge >= 0.3 is 6.09 Å². The number of hydrogen-bond acceptors (Lipinski definition) is 8. The number of carboxylic acid groups (broad SMARTS) is 1. The minimum Gasteiger partial charge on any atom is -0.495 e. The standard InChI is InChI=1S/C20H24N4O6S/c1-29-16-10-15-13(9-17(16)31(2,27)28)3-8-24(15)18-11-19(22-12-21-18)30-14-4-6-23(7-5-14)20(25)26/h9-12,14H,3-8H2,1-2H3,(H,25,26). The molecule has 0 spiro atoms. The topological polar surface area (TPSA) is 122 Å². The number of hydrogen-bond donors (Lipinski definition) is 1. The number of amides is 1. The maximum atomic E-state index is 12.1. The number of aromatic nitrogens is 2. The Kier molecular flexibility index (Phi) is 5.61. The molecule has 2 aliphatic heterocycles. The van der Waals surface area contributed by atoms with E-state index in [2.05, 4.69) is 9.97 Å². The number of piperidine rings is 1. The molecule has 31 heavy (non-hydrogen) atoms. The Morgan fingerprint density at radius 1 is 1.16 bits per heavy atom. The summed E-state index contributed by atoms with van der Waals surface area (Å²) in [4.78, 5) is 23.1. The summed E-state index contributed by atoms with van der Waals surface area (Å²) >= 11 is 0. The SMILES string of the molecule is COc1cc2c(cc1S(C)(=O)=O)CCN2c1cc(OC2CCN(C(=O)O)CC2)ncn1. The van der Waals surface area contributed by atoms with Crippen LogP contribution in [0.5, 0.6) is 11.6 Å². The van der Waals surface area contributed by atoms with Crippen molar-refractivity contribution < 1.29 is 27.8 Å². The first-order valence-corrected chi connectivity index (χ1v) is 11.8. The molecule has 0 atom stereocenters. The third kappa shape index (κ3) is 4.36. The van der Waals surface area contributed by atoms with Crippen molar-refractivity contribution in [1.29, 1.82) is 0 Å². The third-order valence-electron chi connectivity index (χ3n) is 5.56. The highest BCUT2D eigenvalue weighted by atomic mass is 32.2. The molecule has 2 aromatic rings. The number of fused-ring (bicyclic) bond motifs is 1. The molecule has 1 aromatic heterocycles. The van der Waals surface area contributed by atoms with Crippen LogP contribution in [-0.2, 0) is 16.3 Å². The lowest BCUT2D eigenvalue weighted by molar-refractivity contribution is 0.0870. The predicted octanol–water partition coefficient (Wildman–Crippen LogP) is 2.10. The van der Waals surface area contributed by atoms with Crippen LogP contribution >= 0.6 is 0 Å². The predicted molar refractivity (Wildman–Crippen MR) is 112 cm³/mol. The van der Waals surface area contributed by atoms with Gasteiger partial charge in [-0.2, -0.15) is 0 Å². The van der Waals surface area contributed by atoms with E-state index in [1.807, 2.05) is 4.90 Å². The number of methoxy groups -OCH3 is 1. The Balaban J connectivity index is 1.54. The van der Waals surface area contributed by atoms with Gasteiger partial charge in [-0.15, -0.1) is 0 Å². The van der Waals surface area contributed by atoms with Crippen molar-refractivity contribution in [2.45, 2.75) is 30.3 Å². The summed E-state index contributed by atoms with van der Waals surface area (Å²) < 4.78 is 35.5. The molecule has 0 bridgehead atoms. The zero-order valence-corrected chi connectivity index (χ0v) is 18.1. The van der Waals surface area contributed by atoms with E-state index in [0.29, 0.717) is 56.3 Å². The summed E-state index contributed by atoms with van der Waals surface area (Å²) in [5, 5.41) is 9.07. The number of benzene rings is 1. The van der Waals surface area contributed by atoms with Crippen molar-refractivity contribution >= 4 is 27.4 Å². The Morgan fingerprint density at radius 2 is 1.90 bits per heavy atom. The molecule has 0 radical (unpaired) electrons. The number of ether oxygens (including phenoxy) is 2. The van der Waals surface area contributed by atoms with E-state index in [0.717, 1.165) is 11.3 Å². The highest BCUT2D eigenvalue weighted by molar-refractivity contribution is 7.90. The molecule has 0 saturated carbocycles. The molecule has 2 aliphatic rings. The van der Waals surface area contributed by atoms with Gasteiger partial charge in [-0.25, -0.2) is 23.2 Å². The molecule has 166 valence electrons. The Bertz CT molecular complexity index is 1100. The maximum absolute atomic E-state index is 12.1. The monoisotopic (exact) mass is 448 g/mol. The van der Waals surface area contributed by atoms with Gasteiger partial charge in [0.2, 0.25) is 5.88 Å². The summed E-state index contributed by atoms with van der Waals surface area (Å²) in [5.74, 6) is 1.36. The van der Waals surface area contributed by atoms with Crippen LogP contribution in [0.15, 0.2) is 29.4 Å². The minimum absolute atomic E-state index is 0.110. The number of sulfone groups is 1. The first kappa shape index (κ1) is 21.2. The van der Waals surface area contributed by atoms with E-state index >= 15 is 0 Å². The highest BCUT2D eigenvalue weighted by Crippen LogP contribution is 2.40. The molecular weight excluding hydrogens is 424 g/mol. The largest absolute Gasteiger partial charge is 0.495 e. The van der Waals surface area contributed by atoms with Gasteiger partial charge < -0.3 is 24.4 Å². The summed E-state index contributed by atoms with van der Waals surface area (Å²) in [6.45, 7) is 1.50. The zero-order chi connectivity index (χ0) is 22.2. The molecule has 1 N–H and O–H groups in total. The van der Waals surface area contributed by atoms with Gasteiger partial charge in [-0.05, 0) is 18.1 Å². The Morgan fingerprint density at radius 3 is 2.55 bits per heavy atom. The Labute approximate surface area is 180 Å². The fourth-order valence-corrected chi connectivity index (χ4v) is 4.82. The average molecular weight is 449 g/mol. The number of anilines is 2. The van der Waals surface area contributed by atoms with Gasteiger partial charge in [0.25, 0.3) is 0 Å². The average Bonchev–Trinajstić information content (AvgIpc) is 3.16. The second kappa shape index (κ2) is 8.22. The first-order valence-electron chi connectivity index (χ1n) is 9.91. The smallest absolute Gasteiger partial charge is 0.407 e. The van der Waals surface area contributed by atoms with E-state index in [9.17, 15) is 13.2 Å². The molecule has 1 fully saturated rings. The van der Waals surface area contributed by atoms with Crippen LogP contribution < -0.4 is 14.4 Å². The van der Waals surface area contributed by atoms with Crippen LogP contribution in [-0.4, -0.2) is 73.6 Å². The molecule has 10 nitrogen and oxygen atoms in total. The van der Waals surface area contributed by atoms with Gasteiger partial charge in [0, 0.05) is 56.6 Å². The molecule has 1 saturated heterocycles. The Hall–Kier alpha value is -3.08. The van der Waals surface area contributed by atoms with Crippen LogP contribution in [0.3, 0.4) is 0 Å². The minimum atomic E-state index is -3.41. The van der Waals surface area contributed by atoms with Crippen LogP contribution in [0.4, 0.5) is 16.3 Å². The lowest BCUT2D eigenvalue weighted by Crippen LogP contribution is -2.41. The van der Waals surface area contributed by atoms with Crippen LogP contribution in [0.25, 0.3) is 0 Å². The molecule has 4 rings (SSSR count). The summed E-state index contributed by atoms with van der Waals surface area (Å²) in [7, 11) is -1.96. The lowest BCUT2D eigenvalue weighted by Gasteiger charge is -2.30. The van der Waals surface area contributed by atoms with Crippen molar-refractivity contribution in [3.63, 3.8) is 0 Å². The molecule has 3 heterocycles. The summed E-state index contributed by atoms with van der Waals surface area (Å²) in [6, 6.07) is 5.14. The van der Waals surface area contributed by atoms with E-state index in [4.69, 9.17) is 14.6 Å². The van der Waals surface area contributed by atoms with Crippen molar-refractivity contribution in [3.05, 3.63) is 30.1 Å². The fraction of sp³-hybridized carbons (Fsp3) is 0.450. The number of rotatable bonds is 5. The van der Waals surface area contributed by atoms with Crippen molar-refractivity contribution in [2.75, 3.05) is 37.9 Å². The van der Waals surface area contributed by atoms with E-state index < -0.39 is 15.9 Å². The molecule has 0 unspecified atom stereocenters. The van der Waals surface area contributed by atoms with Gasteiger partial charge in [-0.1, -0.05) is 0 Å². The second-order valence-electron chi connectivity index (χ2n) is 7.61. The van der Waals surface area contributed by atoms with Gasteiger partial charge in [0.15, 0.2) is 9.84 Å². The third-order valence-corrected chi connectivity index (χ3v) is 6.68. The van der Waals surface area contributed by atoms with E-state index in [1.165, 1.54) is 24.6 Å². The van der Waals surface area contributed by atoms with Gasteiger partial charge in [0.1, 0.15) is 28.9 Å². The van der Waals surface area contributed by atoms with Crippen LogP contribution in [0.2, 0.25) is 0 Å². The molecule has 0 aliphatic carbocycles. The van der Waals surface area contributed by atoms with Crippen molar-refractivity contribution in [3.8, 4) is 11.6 Å². The van der Waals surface area contributed by atoms with Crippen LogP contribution in [0, 0.1) is 0 Å². The molecule has 11 heteroatoms. The quantitative estimate of drug-likeness (QED) is 0.732. The van der Waals surface area contributed by atoms with Crippen molar-refractivity contribution in [1.82, 2.24) is 14.9 Å². The zero-order valence-electron chi connectivity index (χ0n) is 17.3. The summed E-state index contributed by atoms with van der Waals surface area (Å²) in [5.41, 5.74) is 1.74. The number of nitrogens with zero attached hydrogens (tertiary/aromatic N) is 4. The second-order valence-corrected chi connectivity index (χ2v) is 9.59. The molecule has 1 amide bonds. The van der Waals surface area contributed by atoms with Crippen molar-refractivity contribution in [2.24, 2.45) is 0 Å². The summed E-state index contributed by atoms with van der Waals surface area (Å²) in [6.07, 6.45) is 3.45. The first-order chi connectivity index (χ1) is 14.8. The molecular formula is C20H24N4O6S. The number of likely N-dealkylation sites (tertiary alicyclic amines) is 1. The van der Waals surface area contributed by atoms with Crippen LogP contribution in [0.1, 0.15) is 18.4 Å². The number of carbonyl (C=O) groups is 1.